The van der Waals surface area contributed by atoms with Crippen LogP contribution >= 0.6 is 11.3 Å². The van der Waals surface area contributed by atoms with Crippen LogP contribution in [0.1, 0.15) is 21.1 Å². The van der Waals surface area contributed by atoms with Gasteiger partial charge >= 0.3 is 0 Å². The summed E-state index contributed by atoms with van der Waals surface area (Å²) in [5, 5.41) is 4.25. The number of aromatic nitrogens is 1. The number of rotatable bonds is 8. The molecule has 0 unspecified atom stereocenters. The van der Waals surface area contributed by atoms with Crippen LogP contribution < -0.4 is 20.5 Å². The van der Waals surface area contributed by atoms with Crippen molar-refractivity contribution in [3.63, 3.8) is 0 Å². The Labute approximate surface area is 153 Å². The molecule has 0 aliphatic carbocycles. The van der Waals surface area contributed by atoms with E-state index in [0.29, 0.717) is 19.0 Å². The summed E-state index contributed by atoms with van der Waals surface area (Å²) in [5.41, 5.74) is 8.16. The van der Waals surface area contributed by atoms with Gasteiger partial charge in [0.2, 0.25) is 0 Å². The minimum absolute atomic E-state index is 0.463. The highest BCUT2D eigenvalue weighted by molar-refractivity contribution is 7.11. The number of benzene rings is 1. The molecule has 0 fully saturated rings. The molecule has 0 atom stereocenters. The molecule has 3 N–H and O–H groups in total. The fourth-order valence-electron chi connectivity index (χ4n) is 2.35. The summed E-state index contributed by atoms with van der Waals surface area (Å²) in [7, 11) is 3.26. The first-order valence-corrected chi connectivity index (χ1v) is 9.02. The molecule has 1 aromatic carbocycles. The van der Waals surface area contributed by atoms with Crippen LogP contribution in [0.25, 0.3) is 0 Å². The molecule has 0 aliphatic rings. The SMILES string of the molecule is COc1ccc(CCNC(N)=NCCc2nc(C)c(C)s2)cc1OC. The van der Waals surface area contributed by atoms with Gasteiger partial charge in [-0.1, -0.05) is 6.07 Å². The topological polar surface area (TPSA) is 81.8 Å². The van der Waals surface area contributed by atoms with Crippen molar-refractivity contribution in [1.82, 2.24) is 10.3 Å². The van der Waals surface area contributed by atoms with Gasteiger partial charge in [0.1, 0.15) is 0 Å². The van der Waals surface area contributed by atoms with E-state index in [4.69, 9.17) is 15.2 Å². The Balaban J connectivity index is 1.76. The number of methoxy groups -OCH3 is 2. The Bertz CT molecular complexity index is 708. The number of nitrogens with zero attached hydrogens (tertiary/aromatic N) is 2. The Hall–Kier alpha value is -2.28. The van der Waals surface area contributed by atoms with Gasteiger partial charge in [-0.2, -0.15) is 0 Å². The Morgan fingerprint density at radius 3 is 2.60 bits per heavy atom. The van der Waals surface area contributed by atoms with Gasteiger partial charge in [-0.3, -0.25) is 4.99 Å². The van der Waals surface area contributed by atoms with E-state index >= 15 is 0 Å². The van der Waals surface area contributed by atoms with Gasteiger partial charge in [-0.05, 0) is 38.0 Å². The van der Waals surface area contributed by atoms with Crippen molar-refractivity contribution < 1.29 is 9.47 Å². The molecule has 0 saturated heterocycles. The third-order valence-electron chi connectivity index (χ3n) is 3.85. The van der Waals surface area contributed by atoms with Crippen molar-refractivity contribution in [2.75, 3.05) is 27.3 Å². The number of guanidine groups is 1. The summed E-state index contributed by atoms with van der Waals surface area (Å²) in [5.74, 6) is 1.93. The largest absolute Gasteiger partial charge is 0.493 e. The van der Waals surface area contributed by atoms with E-state index in [1.54, 1.807) is 25.6 Å². The van der Waals surface area contributed by atoms with E-state index in [1.165, 1.54) is 4.88 Å². The summed E-state index contributed by atoms with van der Waals surface area (Å²) >= 11 is 1.72. The van der Waals surface area contributed by atoms with Crippen molar-refractivity contribution in [2.24, 2.45) is 10.7 Å². The smallest absolute Gasteiger partial charge is 0.188 e. The van der Waals surface area contributed by atoms with Crippen LogP contribution in [0.2, 0.25) is 0 Å². The minimum atomic E-state index is 0.463. The first kappa shape index (κ1) is 19.1. The number of ether oxygens (including phenoxy) is 2. The van der Waals surface area contributed by atoms with Crippen LogP contribution in [0.15, 0.2) is 23.2 Å². The predicted molar refractivity (Wildman–Crippen MR) is 103 cm³/mol. The molecule has 1 aromatic heterocycles. The highest BCUT2D eigenvalue weighted by Crippen LogP contribution is 2.27. The minimum Gasteiger partial charge on any atom is -0.493 e. The molecule has 1 heterocycles. The second-order valence-corrected chi connectivity index (χ2v) is 6.92. The Kier molecular flexibility index (Phi) is 7.06. The summed E-state index contributed by atoms with van der Waals surface area (Å²) in [6.07, 6.45) is 1.64. The lowest BCUT2D eigenvalue weighted by molar-refractivity contribution is 0.354. The monoisotopic (exact) mass is 362 g/mol. The lowest BCUT2D eigenvalue weighted by Gasteiger charge is -2.10. The van der Waals surface area contributed by atoms with Gasteiger partial charge in [0.25, 0.3) is 0 Å². The van der Waals surface area contributed by atoms with Crippen LogP contribution in [-0.2, 0) is 12.8 Å². The molecule has 0 amide bonds. The maximum absolute atomic E-state index is 5.92. The van der Waals surface area contributed by atoms with E-state index < -0.39 is 0 Å². The number of thiazole rings is 1. The number of aryl methyl sites for hydroxylation is 2. The van der Waals surface area contributed by atoms with Crippen LogP contribution in [0.5, 0.6) is 11.5 Å². The molecule has 7 heteroatoms. The van der Waals surface area contributed by atoms with Crippen molar-refractivity contribution in [1.29, 1.82) is 0 Å². The molecule has 0 saturated carbocycles. The summed E-state index contributed by atoms with van der Waals surface area (Å²) < 4.78 is 10.6. The fraction of sp³-hybridized carbons (Fsp3) is 0.444. The van der Waals surface area contributed by atoms with Crippen LogP contribution in [0, 0.1) is 13.8 Å². The van der Waals surface area contributed by atoms with E-state index in [2.05, 4.69) is 22.2 Å². The molecule has 0 bridgehead atoms. The van der Waals surface area contributed by atoms with Gasteiger partial charge in [0.15, 0.2) is 17.5 Å². The Morgan fingerprint density at radius 2 is 1.96 bits per heavy atom. The molecule has 2 aromatic rings. The fourth-order valence-corrected chi connectivity index (χ4v) is 3.27. The van der Waals surface area contributed by atoms with E-state index in [0.717, 1.165) is 40.6 Å². The highest BCUT2D eigenvalue weighted by atomic mass is 32.1. The average molecular weight is 362 g/mol. The first-order valence-electron chi connectivity index (χ1n) is 8.21. The zero-order valence-corrected chi connectivity index (χ0v) is 16.1. The lowest BCUT2D eigenvalue weighted by atomic mass is 10.1. The van der Waals surface area contributed by atoms with Crippen LogP contribution in [-0.4, -0.2) is 38.3 Å². The summed E-state index contributed by atoms with van der Waals surface area (Å²) in [6.45, 7) is 5.47. The molecule has 2 rings (SSSR count). The van der Waals surface area contributed by atoms with Crippen molar-refractivity contribution >= 4 is 17.3 Å². The van der Waals surface area contributed by atoms with Gasteiger partial charge in [0, 0.05) is 24.4 Å². The Morgan fingerprint density at radius 1 is 1.20 bits per heavy atom. The molecular weight excluding hydrogens is 336 g/mol. The second kappa shape index (κ2) is 9.27. The number of nitrogens with two attached hydrogens (primary N) is 1. The summed E-state index contributed by atoms with van der Waals surface area (Å²) in [4.78, 5) is 10.1. The number of hydrogen-bond acceptors (Lipinski definition) is 5. The van der Waals surface area contributed by atoms with Gasteiger partial charge < -0.3 is 20.5 Å². The molecule has 6 nitrogen and oxygen atoms in total. The van der Waals surface area contributed by atoms with Crippen LogP contribution in [0.4, 0.5) is 0 Å². The van der Waals surface area contributed by atoms with E-state index in [1.807, 2.05) is 25.1 Å². The zero-order valence-electron chi connectivity index (χ0n) is 15.3. The normalized spacial score (nSPS) is 11.4. The van der Waals surface area contributed by atoms with Crippen molar-refractivity contribution in [3.05, 3.63) is 39.3 Å². The van der Waals surface area contributed by atoms with Gasteiger partial charge in [-0.25, -0.2) is 4.98 Å². The number of nitrogens with one attached hydrogen (secondary N) is 1. The van der Waals surface area contributed by atoms with Crippen molar-refractivity contribution in [2.45, 2.75) is 26.7 Å². The standard InChI is InChI=1S/C18H26N4O2S/c1-12-13(2)25-17(22-12)8-10-21-18(19)20-9-7-14-5-6-15(23-3)16(11-14)24-4/h5-6,11H,7-10H2,1-4H3,(H3,19,20,21). The first-order chi connectivity index (χ1) is 12.0. The molecule has 0 spiro atoms. The quantitative estimate of drug-likeness (QED) is 0.557. The van der Waals surface area contributed by atoms with E-state index in [-0.39, 0.29) is 0 Å². The number of hydrogen-bond donors (Lipinski definition) is 2. The summed E-state index contributed by atoms with van der Waals surface area (Å²) in [6, 6.07) is 5.90. The molecule has 0 aliphatic heterocycles. The highest BCUT2D eigenvalue weighted by Gasteiger charge is 2.05. The third-order valence-corrected chi connectivity index (χ3v) is 4.98. The van der Waals surface area contributed by atoms with Gasteiger partial charge in [0.05, 0.1) is 24.9 Å². The predicted octanol–water partition coefficient (Wildman–Crippen LogP) is 2.47. The molecule has 136 valence electrons. The lowest BCUT2D eigenvalue weighted by Crippen LogP contribution is -2.33. The maximum Gasteiger partial charge on any atom is 0.188 e. The molecule has 0 radical (unpaired) electrons. The van der Waals surface area contributed by atoms with Crippen LogP contribution in [0.3, 0.4) is 0 Å². The number of aliphatic imine (C=N–C) groups is 1. The molecular formula is C18H26N4O2S. The third kappa shape index (κ3) is 5.63. The zero-order chi connectivity index (χ0) is 18.2. The van der Waals surface area contributed by atoms with Gasteiger partial charge in [-0.15, -0.1) is 11.3 Å². The van der Waals surface area contributed by atoms with E-state index in [9.17, 15) is 0 Å². The second-order valence-electron chi connectivity index (χ2n) is 5.63. The van der Waals surface area contributed by atoms with Crippen molar-refractivity contribution in [3.8, 4) is 11.5 Å². The average Bonchev–Trinajstić information content (AvgIpc) is 2.92. The maximum atomic E-state index is 5.92. The molecule has 25 heavy (non-hydrogen) atoms.